The molecule has 28 heavy (non-hydrogen) atoms. The van der Waals surface area contributed by atoms with Crippen LogP contribution in [0.25, 0.3) is 0 Å². The van der Waals surface area contributed by atoms with Crippen LogP contribution in [0.4, 0.5) is 24.5 Å². The van der Waals surface area contributed by atoms with Gasteiger partial charge in [-0.05, 0) is 60.7 Å². The Morgan fingerprint density at radius 3 is 2.11 bits per heavy atom. The summed E-state index contributed by atoms with van der Waals surface area (Å²) in [6, 6.07) is 13.0. The van der Waals surface area contributed by atoms with Gasteiger partial charge in [0.05, 0.1) is 4.90 Å². The fourth-order valence-corrected chi connectivity index (χ4v) is 3.38. The summed E-state index contributed by atoms with van der Waals surface area (Å²) in [5, 5.41) is 2.55. The molecule has 0 spiro atoms. The van der Waals surface area contributed by atoms with Crippen molar-refractivity contribution < 1.29 is 26.4 Å². The molecule has 0 heterocycles. The fourth-order valence-electron chi connectivity index (χ4n) is 2.31. The first-order chi connectivity index (χ1) is 13.2. The van der Waals surface area contributed by atoms with Crippen LogP contribution in [0.1, 0.15) is 10.4 Å². The quantitative estimate of drug-likeness (QED) is 0.668. The van der Waals surface area contributed by atoms with E-state index in [2.05, 4.69) is 10.0 Å². The molecule has 0 saturated carbocycles. The van der Waals surface area contributed by atoms with Gasteiger partial charge in [0, 0.05) is 16.9 Å². The maximum Gasteiger partial charge on any atom is 0.261 e. The summed E-state index contributed by atoms with van der Waals surface area (Å²) in [7, 11) is -4.12. The highest BCUT2D eigenvalue weighted by atomic mass is 32.2. The number of carbonyl (C=O) groups is 1. The van der Waals surface area contributed by atoms with Gasteiger partial charge in [0.15, 0.2) is 11.6 Å². The Kier molecular flexibility index (Phi) is 5.36. The number of amides is 1. The predicted octanol–water partition coefficient (Wildman–Crippen LogP) is 4.16. The Morgan fingerprint density at radius 2 is 1.46 bits per heavy atom. The monoisotopic (exact) mass is 406 g/mol. The number of anilines is 2. The number of carbonyl (C=O) groups excluding carboxylic acids is 1. The van der Waals surface area contributed by atoms with Gasteiger partial charge in [0.1, 0.15) is 5.82 Å². The maximum absolute atomic E-state index is 13.3. The van der Waals surface area contributed by atoms with Crippen LogP contribution in [0.3, 0.4) is 0 Å². The Morgan fingerprint density at radius 1 is 0.786 bits per heavy atom. The minimum Gasteiger partial charge on any atom is -0.322 e. The molecule has 0 saturated heterocycles. The van der Waals surface area contributed by atoms with E-state index in [0.29, 0.717) is 11.8 Å². The van der Waals surface area contributed by atoms with E-state index in [1.807, 2.05) is 0 Å². The van der Waals surface area contributed by atoms with Crippen molar-refractivity contribution >= 4 is 27.3 Å². The van der Waals surface area contributed by atoms with Crippen LogP contribution in [-0.4, -0.2) is 14.3 Å². The average Bonchev–Trinajstić information content (AvgIpc) is 2.65. The SMILES string of the molecule is O=C(Nc1ccc(NS(=O)(=O)c2ccc(F)c(F)c2)cc1)c1cccc(F)c1. The van der Waals surface area contributed by atoms with Crippen molar-refractivity contribution in [2.24, 2.45) is 0 Å². The van der Waals surface area contributed by atoms with Crippen LogP contribution in [-0.2, 0) is 10.0 Å². The molecule has 3 aromatic rings. The summed E-state index contributed by atoms with van der Waals surface area (Å²) in [5.41, 5.74) is 0.627. The molecule has 0 unspecified atom stereocenters. The average molecular weight is 406 g/mol. The van der Waals surface area contributed by atoms with Crippen LogP contribution < -0.4 is 10.0 Å². The van der Waals surface area contributed by atoms with E-state index in [9.17, 15) is 26.4 Å². The first-order valence-electron chi connectivity index (χ1n) is 7.89. The number of sulfonamides is 1. The first kappa shape index (κ1) is 19.4. The van der Waals surface area contributed by atoms with Gasteiger partial charge in [-0.1, -0.05) is 6.07 Å². The molecule has 9 heteroatoms. The lowest BCUT2D eigenvalue weighted by molar-refractivity contribution is 0.102. The van der Waals surface area contributed by atoms with Crippen molar-refractivity contribution in [2.45, 2.75) is 4.90 Å². The highest BCUT2D eigenvalue weighted by Crippen LogP contribution is 2.20. The molecule has 0 aliphatic rings. The molecule has 0 radical (unpaired) electrons. The lowest BCUT2D eigenvalue weighted by atomic mass is 10.2. The summed E-state index contributed by atoms with van der Waals surface area (Å²) < 4.78 is 66.1. The second kappa shape index (κ2) is 7.73. The van der Waals surface area contributed by atoms with Crippen LogP contribution in [0.15, 0.2) is 71.6 Å². The van der Waals surface area contributed by atoms with E-state index in [-0.39, 0.29) is 11.3 Å². The highest BCUT2D eigenvalue weighted by Gasteiger charge is 2.17. The van der Waals surface area contributed by atoms with Crippen molar-refractivity contribution in [3.8, 4) is 0 Å². The summed E-state index contributed by atoms with van der Waals surface area (Å²) in [6.45, 7) is 0. The second-order valence-electron chi connectivity index (χ2n) is 5.72. The summed E-state index contributed by atoms with van der Waals surface area (Å²) in [6.07, 6.45) is 0. The summed E-state index contributed by atoms with van der Waals surface area (Å²) in [5.74, 6) is -3.51. The van der Waals surface area contributed by atoms with Gasteiger partial charge in [-0.15, -0.1) is 0 Å². The molecule has 0 atom stereocenters. The molecular weight excluding hydrogens is 393 g/mol. The normalized spacial score (nSPS) is 11.1. The minimum atomic E-state index is -4.12. The zero-order chi connectivity index (χ0) is 20.3. The molecule has 0 bridgehead atoms. The Hall–Kier alpha value is -3.33. The Bertz CT molecular complexity index is 1130. The molecule has 0 aliphatic carbocycles. The maximum atomic E-state index is 13.3. The summed E-state index contributed by atoms with van der Waals surface area (Å²) in [4.78, 5) is 11.6. The van der Waals surface area contributed by atoms with Crippen LogP contribution in [0.2, 0.25) is 0 Å². The standard InChI is InChI=1S/C19H13F3N2O3S/c20-13-3-1-2-12(10-13)19(25)23-14-4-6-15(7-5-14)24-28(26,27)16-8-9-17(21)18(22)11-16/h1-11,24H,(H,23,25). The molecule has 1 amide bonds. The van der Waals surface area contributed by atoms with Crippen molar-refractivity contribution in [1.82, 2.24) is 0 Å². The molecule has 0 aliphatic heterocycles. The van der Waals surface area contributed by atoms with Gasteiger partial charge >= 0.3 is 0 Å². The van der Waals surface area contributed by atoms with E-state index < -0.39 is 38.3 Å². The van der Waals surface area contributed by atoms with Crippen molar-refractivity contribution in [3.05, 3.63) is 89.7 Å². The van der Waals surface area contributed by atoms with Gasteiger partial charge < -0.3 is 5.32 Å². The summed E-state index contributed by atoms with van der Waals surface area (Å²) >= 11 is 0. The van der Waals surface area contributed by atoms with Crippen molar-refractivity contribution in [3.63, 3.8) is 0 Å². The molecule has 0 fully saturated rings. The minimum absolute atomic E-state index is 0.128. The van der Waals surface area contributed by atoms with Crippen LogP contribution in [0, 0.1) is 17.5 Å². The second-order valence-corrected chi connectivity index (χ2v) is 7.41. The smallest absolute Gasteiger partial charge is 0.261 e. The molecule has 0 aromatic heterocycles. The largest absolute Gasteiger partial charge is 0.322 e. The number of hydrogen-bond acceptors (Lipinski definition) is 3. The van der Waals surface area contributed by atoms with E-state index in [4.69, 9.17) is 0 Å². The van der Waals surface area contributed by atoms with Crippen molar-refractivity contribution in [1.29, 1.82) is 0 Å². The van der Waals surface area contributed by atoms with Gasteiger partial charge in [-0.25, -0.2) is 21.6 Å². The molecule has 5 nitrogen and oxygen atoms in total. The molecule has 3 aromatic carbocycles. The van der Waals surface area contributed by atoms with Crippen LogP contribution in [0.5, 0.6) is 0 Å². The highest BCUT2D eigenvalue weighted by molar-refractivity contribution is 7.92. The zero-order valence-corrected chi connectivity index (χ0v) is 14.9. The van der Waals surface area contributed by atoms with Crippen LogP contribution >= 0.6 is 0 Å². The van der Waals surface area contributed by atoms with E-state index in [1.165, 1.54) is 42.5 Å². The van der Waals surface area contributed by atoms with Gasteiger partial charge in [0.25, 0.3) is 15.9 Å². The van der Waals surface area contributed by atoms with E-state index in [0.717, 1.165) is 18.2 Å². The predicted molar refractivity (Wildman–Crippen MR) is 98.0 cm³/mol. The Balaban J connectivity index is 1.72. The fraction of sp³-hybridized carbons (Fsp3) is 0. The molecule has 144 valence electrons. The lowest BCUT2D eigenvalue weighted by Crippen LogP contribution is -2.14. The molecule has 2 N–H and O–H groups in total. The number of hydrogen-bond donors (Lipinski definition) is 2. The third kappa shape index (κ3) is 4.49. The third-order valence-corrected chi connectivity index (χ3v) is 5.06. The van der Waals surface area contributed by atoms with E-state index >= 15 is 0 Å². The topological polar surface area (TPSA) is 75.3 Å². The number of halogens is 3. The van der Waals surface area contributed by atoms with Gasteiger partial charge in [-0.3, -0.25) is 9.52 Å². The van der Waals surface area contributed by atoms with Gasteiger partial charge in [-0.2, -0.15) is 0 Å². The number of rotatable bonds is 5. The Labute approximate surface area is 158 Å². The van der Waals surface area contributed by atoms with E-state index in [1.54, 1.807) is 0 Å². The lowest BCUT2D eigenvalue weighted by Gasteiger charge is -2.10. The van der Waals surface area contributed by atoms with Crippen molar-refractivity contribution in [2.75, 3.05) is 10.0 Å². The van der Waals surface area contributed by atoms with Gasteiger partial charge in [0.2, 0.25) is 0 Å². The number of benzene rings is 3. The zero-order valence-electron chi connectivity index (χ0n) is 14.1. The third-order valence-electron chi connectivity index (χ3n) is 3.68. The molecular formula is C19H13F3N2O3S. The first-order valence-corrected chi connectivity index (χ1v) is 9.38. The number of nitrogens with one attached hydrogen (secondary N) is 2. The molecule has 3 rings (SSSR count).